The van der Waals surface area contributed by atoms with E-state index >= 15 is 0 Å². The van der Waals surface area contributed by atoms with Crippen LogP contribution in [0, 0.1) is 0 Å². The first-order chi connectivity index (χ1) is 16.1. The number of carbonyl (C=O) groups excluding carboxylic acids is 1. The molecule has 2 atom stereocenters. The summed E-state index contributed by atoms with van der Waals surface area (Å²) in [5.74, 6) is 0.390. The molecule has 1 N–H and O–H groups in total. The van der Waals surface area contributed by atoms with Gasteiger partial charge in [-0.3, -0.25) is 9.69 Å². The molecule has 1 fully saturated rings. The molecule has 1 aliphatic heterocycles. The molecule has 0 spiro atoms. The fraction of sp³-hybridized carbons (Fsp3) is 0.333. The van der Waals surface area contributed by atoms with Gasteiger partial charge in [0.25, 0.3) is 5.91 Å². The summed E-state index contributed by atoms with van der Waals surface area (Å²) >= 11 is 0. The van der Waals surface area contributed by atoms with Crippen LogP contribution < -0.4 is 10.1 Å². The predicted octanol–water partition coefficient (Wildman–Crippen LogP) is 3.94. The molecule has 1 aliphatic rings. The summed E-state index contributed by atoms with van der Waals surface area (Å²) in [5.41, 5.74) is 2.94. The highest BCUT2D eigenvalue weighted by Gasteiger charge is 2.26. The zero-order valence-electron chi connectivity index (χ0n) is 19.4. The Hall–Kier alpha value is -3.22. The molecule has 3 aromatic rings. The maximum absolute atomic E-state index is 12.6. The molecule has 172 valence electrons. The first-order valence-electron chi connectivity index (χ1n) is 11.5. The molecule has 0 bridgehead atoms. The predicted molar refractivity (Wildman–Crippen MR) is 130 cm³/mol. The van der Waals surface area contributed by atoms with E-state index in [9.17, 15) is 4.79 Å². The van der Waals surface area contributed by atoms with Crippen molar-refractivity contribution < 1.29 is 9.53 Å². The summed E-state index contributed by atoms with van der Waals surface area (Å²) in [6, 6.07) is 24.4. The van der Waals surface area contributed by atoms with E-state index in [1.807, 2.05) is 43.3 Å². The van der Waals surface area contributed by atoms with Crippen LogP contribution in [0.1, 0.15) is 40.6 Å². The quantitative estimate of drug-likeness (QED) is 0.570. The van der Waals surface area contributed by atoms with Gasteiger partial charge in [0.15, 0.2) is 0 Å². The van der Waals surface area contributed by atoms with Gasteiger partial charge in [0, 0.05) is 51.0 Å². The van der Waals surface area contributed by atoms with Crippen LogP contribution >= 0.6 is 0 Å². The summed E-state index contributed by atoms with van der Waals surface area (Å²) < 4.78 is 5.90. The molecule has 6 heteroatoms. The molecule has 33 heavy (non-hydrogen) atoms. The monoisotopic (exact) mass is 444 g/mol. The minimum Gasteiger partial charge on any atom is -0.470 e. The SMILES string of the molecule is C[C@H](Oc1ccc(C(=O)NCCN2CCN(C)C[C@H]2c2ccccc2)cn1)c1ccccc1. The molecule has 2 aromatic carbocycles. The minimum absolute atomic E-state index is 0.112. The number of nitrogens with one attached hydrogen (secondary N) is 1. The van der Waals surface area contributed by atoms with Crippen molar-refractivity contribution in [3.63, 3.8) is 0 Å². The molecule has 4 rings (SSSR count). The van der Waals surface area contributed by atoms with Crippen molar-refractivity contribution in [1.82, 2.24) is 20.1 Å². The Morgan fingerprint density at radius 2 is 1.79 bits per heavy atom. The van der Waals surface area contributed by atoms with Gasteiger partial charge in [0.05, 0.1) is 5.56 Å². The summed E-state index contributed by atoms with van der Waals surface area (Å²) in [6.45, 7) is 6.39. The second kappa shape index (κ2) is 11.1. The van der Waals surface area contributed by atoms with Crippen LogP contribution in [-0.2, 0) is 0 Å². The Morgan fingerprint density at radius 1 is 1.06 bits per heavy atom. The Labute approximate surface area is 196 Å². The molecule has 1 aromatic heterocycles. The van der Waals surface area contributed by atoms with Gasteiger partial charge in [-0.2, -0.15) is 0 Å². The van der Waals surface area contributed by atoms with Crippen LogP contribution in [0.2, 0.25) is 0 Å². The number of hydrogen-bond donors (Lipinski definition) is 1. The first kappa shape index (κ1) is 23.0. The van der Waals surface area contributed by atoms with Crippen molar-refractivity contribution >= 4 is 5.91 Å². The Kier molecular flexibility index (Phi) is 7.70. The third-order valence-corrected chi connectivity index (χ3v) is 6.13. The average Bonchev–Trinajstić information content (AvgIpc) is 2.86. The number of aromatic nitrogens is 1. The molecule has 0 saturated carbocycles. The van der Waals surface area contributed by atoms with Crippen LogP contribution in [0.15, 0.2) is 79.0 Å². The lowest BCUT2D eigenvalue weighted by Crippen LogP contribution is -2.49. The van der Waals surface area contributed by atoms with Gasteiger partial charge in [-0.05, 0) is 31.2 Å². The zero-order valence-corrected chi connectivity index (χ0v) is 19.4. The standard InChI is InChI=1S/C27H32N4O2/c1-21(22-9-5-3-6-10-22)33-26-14-13-24(19-29-26)27(32)28-15-16-31-18-17-30(2)20-25(31)23-11-7-4-8-12-23/h3-14,19,21,25H,15-18,20H2,1-2H3,(H,28,32)/t21-,25-/m0/s1. The number of benzene rings is 2. The van der Waals surface area contributed by atoms with Gasteiger partial charge in [0.1, 0.15) is 6.10 Å². The van der Waals surface area contributed by atoms with E-state index in [4.69, 9.17) is 4.74 Å². The van der Waals surface area contributed by atoms with Crippen LogP contribution in [0.4, 0.5) is 0 Å². The average molecular weight is 445 g/mol. The van der Waals surface area contributed by atoms with Gasteiger partial charge in [0.2, 0.25) is 5.88 Å². The number of piperazine rings is 1. The number of hydrogen-bond acceptors (Lipinski definition) is 5. The second-order valence-electron chi connectivity index (χ2n) is 8.54. The number of likely N-dealkylation sites (N-methyl/N-ethyl adjacent to an activating group) is 1. The van der Waals surface area contributed by atoms with Crippen molar-refractivity contribution in [2.45, 2.75) is 19.1 Å². The van der Waals surface area contributed by atoms with Crippen molar-refractivity contribution in [3.05, 3.63) is 95.7 Å². The van der Waals surface area contributed by atoms with Gasteiger partial charge in [-0.1, -0.05) is 60.7 Å². The van der Waals surface area contributed by atoms with Crippen LogP contribution in [-0.4, -0.2) is 60.5 Å². The summed E-state index contributed by atoms with van der Waals surface area (Å²) in [6.07, 6.45) is 1.46. The Bertz CT molecular complexity index is 1010. The first-order valence-corrected chi connectivity index (χ1v) is 11.5. The largest absolute Gasteiger partial charge is 0.470 e. The van der Waals surface area contributed by atoms with Gasteiger partial charge in [-0.15, -0.1) is 0 Å². The molecule has 0 unspecified atom stereocenters. The van der Waals surface area contributed by atoms with Crippen molar-refractivity contribution in [2.75, 3.05) is 39.8 Å². The normalized spacial score (nSPS) is 17.9. The highest BCUT2D eigenvalue weighted by Crippen LogP contribution is 2.24. The molecule has 0 aliphatic carbocycles. The zero-order chi connectivity index (χ0) is 23.0. The molecular weight excluding hydrogens is 412 g/mol. The lowest BCUT2D eigenvalue weighted by atomic mass is 10.0. The third-order valence-electron chi connectivity index (χ3n) is 6.13. The van der Waals surface area contributed by atoms with Gasteiger partial charge >= 0.3 is 0 Å². The van der Waals surface area contributed by atoms with E-state index in [-0.39, 0.29) is 12.0 Å². The Balaban J connectivity index is 1.28. The van der Waals surface area contributed by atoms with Gasteiger partial charge in [-0.25, -0.2) is 4.98 Å². The van der Waals surface area contributed by atoms with Crippen molar-refractivity contribution in [2.24, 2.45) is 0 Å². The molecule has 2 heterocycles. The number of ether oxygens (including phenoxy) is 1. The maximum Gasteiger partial charge on any atom is 0.252 e. The van der Waals surface area contributed by atoms with Crippen molar-refractivity contribution in [1.29, 1.82) is 0 Å². The fourth-order valence-electron chi connectivity index (χ4n) is 4.19. The topological polar surface area (TPSA) is 57.7 Å². The highest BCUT2D eigenvalue weighted by molar-refractivity contribution is 5.93. The van der Waals surface area contributed by atoms with E-state index in [2.05, 4.69) is 51.4 Å². The van der Waals surface area contributed by atoms with Gasteiger partial charge < -0.3 is 15.0 Å². The minimum atomic E-state index is -0.115. The number of rotatable bonds is 8. The Morgan fingerprint density at radius 3 is 2.48 bits per heavy atom. The van der Waals surface area contributed by atoms with E-state index in [1.54, 1.807) is 18.3 Å². The van der Waals surface area contributed by atoms with E-state index in [1.165, 1.54) is 5.56 Å². The number of carbonyl (C=O) groups is 1. The summed E-state index contributed by atoms with van der Waals surface area (Å²) in [7, 11) is 2.16. The second-order valence-corrected chi connectivity index (χ2v) is 8.54. The number of nitrogens with zero attached hydrogens (tertiary/aromatic N) is 3. The molecule has 6 nitrogen and oxygen atoms in total. The smallest absolute Gasteiger partial charge is 0.252 e. The molecule has 1 saturated heterocycles. The third kappa shape index (κ3) is 6.18. The highest BCUT2D eigenvalue weighted by atomic mass is 16.5. The summed E-state index contributed by atoms with van der Waals surface area (Å²) in [5, 5.41) is 3.04. The van der Waals surface area contributed by atoms with Crippen LogP contribution in [0.5, 0.6) is 5.88 Å². The fourth-order valence-corrected chi connectivity index (χ4v) is 4.19. The van der Waals surface area contributed by atoms with Crippen molar-refractivity contribution in [3.8, 4) is 5.88 Å². The van der Waals surface area contributed by atoms with E-state index in [0.717, 1.165) is 31.7 Å². The number of amides is 1. The van der Waals surface area contributed by atoms with E-state index < -0.39 is 0 Å². The number of pyridine rings is 1. The maximum atomic E-state index is 12.6. The van der Waals surface area contributed by atoms with E-state index in [0.29, 0.717) is 24.0 Å². The molecular formula is C27H32N4O2. The molecule has 0 radical (unpaired) electrons. The summed E-state index contributed by atoms with van der Waals surface area (Å²) in [4.78, 5) is 21.8. The lowest BCUT2D eigenvalue weighted by molar-refractivity contribution is 0.0843. The molecule has 1 amide bonds. The lowest BCUT2D eigenvalue weighted by Gasteiger charge is -2.40. The van der Waals surface area contributed by atoms with Crippen LogP contribution in [0.25, 0.3) is 0 Å². The van der Waals surface area contributed by atoms with Crippen LogP contribution in [0.3, 0.4) is 0 Å².